The van der Waals surface area contributed by atoms with Crippen LogP contribution in [0.1, 0.15) is 16.5 Å². The van der Waals surface area contributed by atoms with Crippen LogP contribution in [0.5, 0.6) is 0 Å². The molecule has 1 aromatic carbocycles. The van der Waals surface area contributed by atoms with Crippen LogP contribution in [0.2, 0.25) is 0 Å². The van der Waals surface area contributed by atoms with E-state index < -0.39 is 6.04 Å². The summed E-state index contributed by atoms with van der Waals surface area (Å²) in [6.07, 6.45) is 1.81. The lowest BCUT2D eigenvalue weighted by Gasteiger charge is -2.25. The van der Waals surface area contributed by atoms with E-state index in [-0.39, 0.29) is 5.91 Å². The maximum Gasteiger partial charge on any atom is 0.239 e. The van der Waals surface area contributed by atoms with Crippen molar-refractivity contribution < 1.29 is 4.79 Å². The highest BCUT2D eigenvalue weighted by atomic mass is 79.9. The minimum Gasteiger partial charge on any atom is -0.368 e. The van der Waals surface area contributed by atoms with Crippen LogP contribution >= 0.6 is 27.3 Å². The molecule has 2 aromatic rings. The molecule has 0 aliphatic heterocycles. The maximum atomic E-state index is 11.7. The Bertz CT molecular complexity index is 559. The highest BCUT2D eigenvalue weighted by Crippen LogP contribution is 2.24. The zero-order chi connectivity index (χ0) is 13.8. The summed E-state index contributed by atoms with van der Waals surface area (Å²) in [5.41, 5.74) is 8.20. The van der Waals surface area contributed by atoms with Crippen LogP contribution in [0.4, 0.5) is 0 Å². The topological polar surface area (TPSA) is 59.2 Å². The normalized spacial score (nSPS) is 12.6. The number of hydrogen-bond acceptors (Lipinski definition) is 4. The Hall–Kier alpha value is -1.24. The number of aromatic nitrogens is 1. The van der Waals surface area contributed by atoms with E-state index in [1.165, 1.54) is 0 Å². The zero-order valence-corrected chi connectivity index (χ0v) is 12.8. The van der Waals surface area contributed by atoms with Crippen molar-refractivity contribution in [2.75, 3.05) is 7.05 Å². The van der Waals surface area contributed by atoms with E-state index in [1.807, 2.05) is 36.2 Å². The lowest BCUT2D eigenvalue weighted by atomic mass is 10.1. The molecule has 2 rings (SSSR count). The van der Waals surface area contributed by atoms with Crippen LogP contribution in [-0.2, 0) is 11.3 Å². The van der Waals surface area contributed by atoms with Gasteiger partial charge in [0.15, 0.2) is 0 Å². The summed E-state index contributed by atoms with van der Waals surface area (Å²) in [5.74, 6) is -0.356. The van der Waals surface area contributed by atoms with E-state index in [0.29, 0.717) is 6.54 Å². The fourth-order valence-electron chi connectivity index (χ4n) is 1.97. The van der Waals surface area contributed by atoms with Crippen molar-refractivity contribution in [3.8, 4) is 0 Å². The van der Waals surface area contributed by atoms with Crippen LogP contribution < -0.4 is 5.73 Å². The fourth-order valence-corrected chi connectivity index (χ4v) is 3.04. The largest absolute Gasteiger partial charge is 0.368 e. The molecule has 0 saturated heterocycles. The van der Waals surface area contributed by atoms with E-state index in [9.17, 15) is 4.79 Å². The van der Waals surface area contributed by atoms with E-state index in [2.05, 4.69) is 20.9 Å². The van der Waals surface area contributed by atoms with Gasteiger partial charge in [0, 0.05) is 22.1 Å². The predicted octanol–water partition coefficient (Wildman–Crippen LogP) is 2.56. The Morgan fingerprint density at radius 2 is 2.37 bits per heavy atom. The molecule has 0 aliphatic rings. The van der Waals surface area contributed by atoms with Crippen LogP contribution in [-0.4, -0.2) is 22.8 Å². The summed E-state index contributed by atoms with van der Waals surface area (Å²) in [6, 6.07) is 7.20. The van der Waals surface area contributed by atoms with E-state index in [4.69, 9.17) is 5.73 Å². The smallest absolute Gasteiger partial charge is 0.239 e. The third-order valence-electron chi connectivity index (χ3n) is 2.76. The molecule has 2 N–H and O–H groups in total. The summed E-state index contributed by atoms with van der Waals surface area (Å²) in [7, 11) is 1.88. The second kappa shape index (κ2) is 6.27. The number of amides is 1. The van der Waals surface area contributed by atoms with Gasteiger partial charge < -0.3 is 5.73 Å². The number of carbonyl (C=O) groups is 1. The third kappa shape index (κ3) is 3.62. The van der Waals surface area contributed by atoms with Gasteiger partial charge in [-0.2, -0.15) is 0 Å². The Balaban J connectivity index is 2.22. The summed E-state index contributed by atoms with van der Waals surface area (Å²) in [4.78, 5) is 18.8. The third-order valence-corrected chi connectivity index (χ3v) is 4.02. The molecule has 1 heterocycles. The molecule has 0 fully saturated rings. The lowest BCUT2D eigenvalue weighted by Crippen LogP contribution is -2.34. The number of rotatable bonds is 5. The van der Waals surface area contributed by atoms with Crippen LogP contribution in [0.3, 0.4) is 0 Å². The molecule has 0 radical (unpaired) electrons. The molecule has 0 bridgehead atoms. The highest BCUT2D eigenvalue weighted by Gasteiger charge is 2.23. The van der Waals surface area contributed by atoms with Gasteiger partial charge in [-0.05, 0) is 24.7 Å². The van der Waals surface area contributed by atoms with Gasteiger partial charge in [-0.25, -0.2) is 0 Å². The molecule has 4 nitrogen and oxygen atoms in total. The zero-order valence-electron chi connectivity index (χ0n) is 10.4. The summed E-state index contributed by atoms with van der Waals surface area (Å²) >= 11 is 4.98. The Kier molecular flexibility index (Phi) is 4.68. The average Bonchev–Trinajstić information content (AvgIpc) is 2.81. The quantitative estimate of drug-likeness (QED) is 0.910. The van der Waals surface area contributed by atoms with Crippen molar-refractivity contribution >= 4 is 33.2 Å². The molecular formula is C13H14BrN3OS. The van der Waals surface area contributed by atoms with Gasteiger partial charge in [0.1, 0.15) is 6.04 Å². The number of nitrogens with two attached hydrogens (primary N) is 1. The summed E-state index contributed by atoms with van der Waals surface area (Å²) < 4.78 is 0.933. The van der Waals surface area contributed by atoms with Gasteiger partial charge in [-0.3, -0.25) is 14.7 Å². The summed E-state index contributed by atoms with van der Waals surface area (Å²) in [5, 5.41) is 0. The van der Waals surface area contributed by atoms with Crippen molar-refractivity contribution in [1.82, 2.24) is 9.88 Å². The molecule has 0 saturated carbocycles. The molecule has 0 aliphatic carbocycles. The van der Waals surface area contributed by atoms with Gasteiger partial charge >= 0.3 is 0 Å². The monoisotopic (exact) mass is 339 g/mol. The Morgan fingerprint density at radius 3 is 2.95 bits per heavy atom. The van der Waals surface area contributed by atoms with Gasteiger partial charge in [-0.1, -0.05) is 28.1 Å². The number of carbonyl (C=O) groups excluding carboxylic acids is 1. The minimum atomic E-state index is -0.445. The Labute approximate surface area is 124 Å². The van der Waals surface area contributed by atoms with Crippen molar-refractivity contribution in [3.05, 3.63) is 50.9 Å². The second-order valence-electron chi connectivity index (χ2n) is 4.24. The second-order valence-corrected chi connectivity index (χ2v) is 6.13. The SMILES string of the molecule is CN(Cc1cncs1)C(C(N)=O)c1cccc(Br)c1. The number of halogens is 1. The van der Waals surface area contributed by atoms with Crippen LogP contribution in [0, 0.1) is 0 Å². The number of nitrogens with zero attached hydrogens (tertiary/aromatic N) is 2. The first-order valence-corrected chi connectivity index (χ1v) is 7.37. The highest BCUT2D eigenvalue weighted by molar-refractivity contribution is 9.10. The molecule has 1 aromatic heterocycles. The van der Waals surface area contributed by atoms with Crippen molar-refractivity contribution in [1.29, 1.82) is 0 Å². The summed E-state index contributed by atoms with van der Waals surface area (Å²) in [6.45, 7) is 0.644. The van der Waals surface area contributed by atoms with E-state index in [0.717, 1.165) is 14.9 Å². The fraction of sp³-hybridized carbons (Fsp3) is 0.231. The van der Waals surface area contributed by atoms with Gasteiger partial charge in [0.2, 0.25) is 5.91 Å². The van der Waals surface area contributed by atoms with Crippen molar-refractivity contribution in [3.63, 3.8) is 0 Å². The molecular weight excluding hydrogens is 326 g/mol. The number of hydrogen-bond donors (Lipinski definition) is 1. The average molecular weight is 340 g/mol. The minimum absolute atomic E-state index is 0.356. The van der Waals surface area contributed by atoms with Crippen LogP contribution in [0.15, 0.2) is 40.4 Å². The maximum absolute atomic E-state index is 11.7. The lowest BCUT2D eigenvalue weighted by molar-refractivity contribution is -0.123. The van der Waals surface area contributed by atoms with Crippen molar-refractivity contribution in [2.24, 2.45) is 5.73 Å². The van der Waals surface area contributed by atoms with Gasteiger partial charge in [0.05, 0.1) is 5.51 Å². The number of primary amides is 1. The standard InChI is InChI=1S/C13H14BrN3OS/c1-17(7-11-6-16-8-19-11)12(13(15)18)9-3-2-4-10(14)5-9/h2-6,8,12H,7H2,1H3,(H2,15,18). The Morgan fingerprint density at radius 1 is 1.58 bits per heavy atom. The molecule has 6 heteroatoms. The van der Waals surface area contributed by atoms with Crippen molar-refractivity contribution in [2.45, 2.75) is 12.6 Å². The predicted molar refractivity (Wildman–Crippen MR) is 79.7 cm³/mol. The molecule has 1 atom stereocenters. The molecule has 0 spiro atoms. The molecule has 1 amide bonds. The van der Waals surface area contributed by atoms with Gasteiger partial charge in [-0.15, -0.1) is 11.3 Å². The molecule has 19 heavy (non-hydrogen) atoms. The van der Waals surface area contributed by atoms with Crippen LogP contribution in [0.25, 0.3) is 0 Å². The molecule has 100 valence electrons. The first kappa shape index (κ1) is 14.2. The van der Waals surface area contributed by atoms with Gasteiger partial charge in [0.25, 0.3) is 0 Å². The number of benzene rings is 1. The first-order valence-electron chi connectivity index (χ1n) is 5.70. The first-order chi connectivity index (χ1) is 9.08. The molecule has 1 unspecified atom stereocenters. The van der Waals surface area contributed by atoms with E-state index >= 15 is 0 Å². The number of likely N-dealkylation sites (N-methyl/N-ethyl adjacent to an activating group) is 1. The van der Waals surface area contributed by atoms with E-state index in [1.54, 1.807) is 23.0 Å². The number of thiazole rings is 1.